The second-order valence-electron chi connectivity index (χ2n) is 6.39. The Morgan fingerprint density at radius 3 is 2.65 bits per heavy atom. The zero-order valence-corrected chi connectivity index (χ0v) is 16.1. The summed E-state index contributed by atoms with van der Waals surface area (Å²) in [6.07, 6.45) is 2.90. The highest BCUT2D eigenvalue weighted by Crippen LogP contribution is 2.41. The summed E-state index contributed by atoms with van der Waals surface area (Å²) in [7, 11) is 1.60. The number of aryl methyl sites for hydroxylation is 1. The first-order valence-corrected chi connectivity index (χ1v) is 9.67. The second-order valence-corrected chi connectivity index (χ2v) is 7.27. The van der Waals surface area contributed by atoms with Gasteiger partial charge in [-0.05, 0) is 38.8 Å². The van der Waals surface area contributed by atoms with Gasteiger partial charge in [-0.1, -0.05) is 18.1 Å². The summed E-state index contributed by atoms with van der Waals surface area (Å²) in [6.45, 7) is 4.03. The van der Waals surface area contributed by atoms with E-state index < -0.39 is 5.97 Å². The van der Waals surface area contributed by atoms with Crippen LogP contribution in [0.4, 0.5) is 5.00 Å². The van der Waals surface area contributed by atoms with Crippen LogP contribution in [-0.4, -0.2) is 25.6 Å². The molecule has 1 aliphatic carbocycles. The van der Waals surface area contributed by atoms with E-state index >= 15 is 0 Å². The molecule has 1 heterocycles. The minimum Gasteiger partial charge on any atom is -0.496 e. The number of rotatable bonds is 6. The number of anilines is 1. The number of carbonyl (C=O) groups excluding carboxylic acids is 2. The van der Waals surface area contributed by atoms with Gasteiger partial charge < -0.3 is 14.8 Å². The lowest BCUT2D eigenvalue weighted by Gasteiger charge is -2.23. The molecule has 0 saturated heterocycles. The molecule has 1 aromatic heterocycles. The largest absolute Gasteiger partial charge is 0.496 e. The molecule has 3 rings (SSSR count). The molecule has 0 radical (unpaired) electrons. The van der Waals surface area contributed by atoms with E-state index in [0.717, 1.165) is 36.0 Å². The molecule has 0 bridgehead atoms. The molecule has 6 heteroatoms. The average Bonchev–Trinajstić information content (AvgIpc) is 2.96. The van der Waals surface area contributed by atoms with Gasteiger partial charge in [-0.2, -0.15) is 0 Å². The molecular weight excluding hydrogens is 350 g/mol. The van der Waals surface area contributed by atoms with E-state index in [1.54, 1.807) is 14.0 Å². The fourth-order valence-electron chi connectivity index (χ4n) is 2.97. The predicted molar refractivity (Wildman–Crippen MR) is 103 cm³/mol. The van der Waals surface area contributed by atoms with Crippen LogP contribution in [0.25, 0.3) is 11.1 Å². The van der Waals surface area contributed by atoms with E-state index in [1.807, 2.05) is 30.5 Å². The minimum absolute atomic E-state index is 0.0218. The smallest absolute Gasteiger partial charge is 0.341 e. The Balaban J connectivity index is 2.03. The van der Waals surface area contributed by atoms with Gasteiger partial charge in [-0.3, -0.25) is 4.79 Å². The van der Waals surface area contributed by atoms with Gasteiger partial charge in [-0.25, -0.2) is 4.79 Å². The number of thiophene rings is 1. The number of esters is 1. The number of ether oxygens (including phenoxy) is 2. The van der Waals surface area contributed by atoms with Gasteiger partial charge in [0.15, 0.2) is 0 Å². The van der Waals surface area contributed by atoms with Gasteiger partial charge in [0.1, 0.15) is 16.3 Å². The number of carbonyl (C=O) groups is 2. The molecule has 1 N–H and O–H groups in total. The highest BCUT2D eigenvalue weighted by atomic mass is 32.1. The van der Waals surface area contributed by atoms with Crippen molar-refractivity contribution in [1.29, 1.82) is 0 Å². The van der Waals surface area contributed by atoms with Gasteiger partial charge in [0.25, 0.3) is 0 Å². The SMILES string of the molecule is CCOC(=O)c1c(-c2cc(C)ccc2OC)csc1NC(=O)C1CCC1. The molecule has 1 aliphatic rings. The van der Waals surface area contributed by atoms with Crippen LogP contribution in [0, 0.1) is 12.8 Å². The molecule has 1 saturated carbocycles. The molecular formula is C20H23NO4S. The number of methoxy groups -OCH3 is 1. The van der Waals surface area contributed by atoms with Crippen LogP contribution >= 0.6 is 11.3 Å². The Morgan fingerprint density at radius 1 is 1.27 bits per heavy atom. The van der Waals surface area contributed by atoms with E-state index in [0.29, 0.717) is 16.3 Å². The van der Waals surface area contributed by atoms with Crippen molar-refractivity contribution in [3.63, 3.8) is 0 Å². The van der Waals surface area contributed by atoms with Crippen LogP contribution in [0.1, 0.15) is 42.1 Å². The Labute approximate surface area is 157 Å². The molecule has 1 aromatic carbocycles. The summed E-state index contributed by atoms with van der Waals surface area (Å²) in [4.78, 5) is 25.0. The van der Waals surface area contributed by atoms with E-state index in [2.05, 4.69) is 5.32 Å². The van der Waals surface area contributed by atoms with E-state index in [-0.39, 0.29) is 18.4 Å². The fraction of sp³-hybridized carbons (Fsp3) is 0.400. The van der Waals surface area contributed by atoms with Crippen molar-refractivity contribution < 1.29 is 19.1 Å². The molecule has 0 aliphatic heterocycles. The van der Waals surface area contributed by atoms with Crippen molar-refractivity contribution in [2.75, 3.05) is 19.0 Å². The van der Waals surface area contributed by atoms with Crippen LogP contribution in [0.2, 0.25) is 0 Å². The summed E-state index contributed by atoms with van der Waals surface area (Å²) in [6, 6.07) is 5.81. The van der Waals surface area contributed by atoms with Crippen molar-refractivity contribution in [2.45, 2.75) is 33.1 Å². The maximum absolute atomic E-state index is 12.6. The lowest BCUT2D eigenvalue weighted by molar-refractivity contribution is -0.122. The highest BCUT2D eigenvalue weighted by Gasteiger charge is 2.29. The maximum atomic E-state index is 12.6. The van der Waals surface area contributed by atoms with Crippen molar-refractivity contribution >= 4 is 28.2 Å². The standard InChI is InChI=1S/C20H23NO4S/c1-4-25-20(23)17-15(14-10-12(2)8-9-16(14)24-3)11-26-19(17)21-18(22)13-6-5-7-13/h8-11,13H,4-7H2,1-3H3,(H,21,22). The van der Waals surface area contributed by atoms with Crippen molar-refractivity contribution in [2.24, 2.45) is 5.92 Å². The molecule has 0 spiro atoms. The first-order valence-electron chi connectivity index (χ1n) is 8.79. The van der Waals surface area contributed by atoms with Crippen molar-refractivity contribution in [3.8, 4) is 16.9 Å². The zero-order chi connectivity index (χ0) is 18.7. The molecule has 0 unspecified atom stereocenters. The number of hydrogen-bond acceptors (Lipinski definition) is 5. The van der Waals surface area contributed by atoms with Gasteiger partial charge in [0, 0.05) is 22.4 Å². The Hall–Kier alpha value is -2.34. The molecule has 26 heavy (non-hydrogen) atoms. The minimum atomic E-state index is -0.434. The third-order valence-corrected chi connectivity index (χ3v) is 5.52. The monoisotopic (exact) mass is 373 g/mol. The topological polar surface area (TPSA) is 64.6 Å². The molecule has 5 nitrogen and oxygen atoms in total. The van der Waals surface area contributed by atoms with E-state index in [1.165, 1.54) is 11.3 Å². The van der Waals surface area contributed by atoms with Crippen molar-refractivity contribution in [3.05, 3.63) is 34.7 Å². The quantitative estimate of drug-likeness (QED) is 0.749. The zero-order valence-electron chi connectivity index (χ0n) is 15.3. The van der Waals surface area contributed by atoms with Gasteiger partial charge in [0.05, 0.1) is 13.7 Å². The van der Waals surface area contributed by atoms with Crippen LogP contribution in [0.3, 0.4) is 0 Å². The maximum Gasteiger partial charge on any atom is 0.341 e. The number of benzene rings is 1. The summed E-state index contributed by atoms with van der Waals surface area (Å²) < 4.78 is 10.7. The molecule has 1 amide bonds. The average molecular weight is 373 g/mol. The number of hydrogen-bond donors (Lipinski definition) is 1. The first kappa shape index (κ1) is 18.5. The third kappa shape index (κ3) is 3.60. The highest BCUT2D eigenvalue weighted by molar-refractivity contribution is 7.15. The lowest BCUT2D eigenvalue weighted by Crippen LogP contribution is -2.28. The Morgan fingerprint density at radius 2 is 2.04 bits per heavy atom. The van der Waals surface area contributed by atoms with Crippen LogP contribution in [0.5, 0.6) is 5.75 Å². The Kier molecular flexibility index (Phi) is 5.61. The van der Waals surface area contributed by atoms with E-state index in [9.17, 15) is 9.59 Å². The fourth-order valence-corrected chi connectivity index (χ4v) is 3.92. The van der Waals surface area contributed by atoms with E-state index in [4.69, 9.17) is 9.47 Å². The number of nitrogens with one attached hydrogen (secondary N) is 1. The molecule has 0 atom stereocenters. The van der Waals surface area contributed by atoms with Gasteiger partial charge in [0.2, 0.25) is 5.91 Å². The summed E-state index contributed by atoms with van der Waals surface area (Å²) in [5, 5.41) is 5.35. The van der Waals surface area contributed by atoms with Gasteiger partial charge in [-0.15, -0.1) is 11.3 Å². The van der Waals surface area contributed by atoms with Crippen LogP contribution < -0.4 is 10.1 Å². The third-order valence-electron chi connectivity index (χ3n) is 4.63. The lowest BCUT2D eigenvalue weighted by atomic mass is 9.85. The van der Waals surface area contributed by atoms with Crippen LogP contribution in [-0.2, 0) is 9.53 Å². The second kappa shape index (κ2) is 7.91. The summed E-state index contributed by atoms with van der Waals surface area (Å²) in [5.41, 5.74) is 2.99. The van der Waals surface area contributed by atoms with Crippen molar-refractivity contribution in [1.82, 2.24) is 0 Å². The summed E-state index contributed by atoms with van der Waals surface area (Å²) in [5.74, 6) is 0.266. The summed E-state index contributed by atoms with van der Waals surface area (Å²) >= 11 is 1.34. The van der Waals surface area contributed by atoms with Gasteiger partial charge >= 0.3 is 5.97 Å². The normalized spacial score (nSPS) is 13.8. The molecule has 138 valence electrons. The van der Waals surface area contributed by atoms with Crippen LogP contribution in [0.15, 0.2) is 23.6 Å². The first-order chi connectivity index (χ1) is 12.5. The number of amides is 1. The predicted octanol–water partition coefficient (Wildman–Crippen LogP) is 4.65. The Bertz CT molecular complexity index is 823. The molecule has 1 fully saturated rings. The molecule has 2 aromatic rings.